The third kappa shape index (κ3) is 4.34. The minimum atomic E-state index is -0.433. The number of aromatic nitrogens is 1. The smallest absolute Gasteiger partial charge is 0.356 e. The summed E-state index contributed by atoms with van der Waals surface area (Å²) >= 11 is 0. The first-order chi connectivity index (χ1) is 12.5. The summed E-state index contributed by atoms with van der Waals surface area (Å²) in [5, 5.41) is 0. The molecule has 26 heavy (non-hydrogen) atoms. The maximum atomic E-state index is 11.6. The number of hydrogen-bond donors (Lipinski definition) is 0. The monoisotopic (exact) mass is 351 g/mol. The van der Waals surface area contributed by atoms with Crippen LogP contribution in [0.2, 0.25) is 0 Å². The van der Waals surface area contributed by atoms with E-state index in [9.17, 15) is 4.79 Å². The minimum Gasteiger partial charge on any atom is -0.489 e. The number of rotatable bonds is 2. The number of benzene rings is 1. The van der Waals surface area contributed by atoms with Gasteiger partial charge < -0.3 is 14.2 Å². The van der Waals surface area contributed by atoms with Crippen molar-refractivity contribution < 1.29 is 19.0 Å². The van der Waals surface area contributed by atoms with Crippen LogP contribution in [0.25, 0.3) is 0 Å². The number of fused-ring (bicyclic) bond motifs is 1. The molecule has 5 nitrogen and oxygen atoms in total. The van der Waals surface area contributed by atoms with Gasteiger partial charge in [-0.3, -0.25) is 0 Å². The topological polar surface area (TPSA) is 57.7 Å². The average molecular weight is 351 g/mol. The SMILES string of the molecule is CCOC(=O)c1ccc(C#Cc2ccc3c(c2)OCC(C)(C)CO3)cn1. The van der Waals surface area contributed by atoms with Crippen molar-refractivity contribution in [1.82, 2.24) is 4.98 Å². The largest absolute Gasteiger partial charge is 0.489 e. The molecule has 0 bridgehead atoms. The van der Waals surface area contributed by atoms with Gasteiger partial charge in [-0.15, -0.1) is 0 Å². The summed E-state index contributed by atoms with van der Waals surface area (Å²) in [6, 6.07) is 9.01. The van der Waals surface area contributed by atoms with E-state index in [4.69, 9.17) is 14.2 Å². The van der Waals surface area contributed by atoms with Crippen LogP contribution in [0.4, 0.5) is 0 Å². The number of hydrogen-bond acceptors (Lipinski definition) is 5. The van der Waals surface area contributed by atoms with Gasteiger partial charge >= 0.3 is 5.97 Å². The van der Waals surface area contributed by atoms with Crippen molar-refractivity contribution in [1.29, 1.82) is 0 Å². The fourth-order valence-corrected chi connectivity index (χ4v) is 2.34. The molecule has 0 radical (unpaired) electrons. The number of ether oxygens (including phenoxy) is 3. The number of nitrogens with zero attached hydrogens (tertiary/aromatic N) is 1. The molecule has 0 N–H and O–H groups in total. The lowest BCUT2D eigenvalue weighted by atomic mass is 9.97. The highest BCUT2D eigenvalue weighted by molar-refractivity contribution is 5.87. The van der Waals surface area contributed by atoms with E-state index in [2.05, 4.69) is 30.7 Å². The van der Waals surface area contributed by atoms with Gasteiger partial charge in [0.2, 0.25) is 0 Å². The van der Waals surface area contributed by atoms with Crippen molar-refractivity contribution in [3.63, 3.8) is 0 Å². The maximum Gasteiger partial charge on any atom is 0.356 e. The van der Waals surface area contributed by atoms with Gasteiger partial charge in [0.25, 0.3) is 0 Å². The molecule has 1 aromatic carbocycles. The summed E-state index contributed by atoms with van der Waals surface area (Å²) in [5.41, 5.74) is 1.78. The molecule has 5 heteroatoms. The highest BCUT2D eigenvalue weighted by atomic mass is 16.5. The quantitative estimate of drug-likeness (QED) is 0.613. The van der Waals surface area contributed by atoms with Crippen LogP contribution in [0.1, 0.15) is 42.4 Å². The summed E-state index contributed by atoms with van der Waals surface area (Å²) in [6.45, 7) is 7.50. The minimum absolute atomic E-state index is 0.0306. The third-order valence-electron chi connectivity index (χ3n) is 3.78. The molecule has 1 aliphatic rings. The summed E-state index contributed by atoms with van der Waals surface area (Å²) in [4.78, 5) is 15.7. The first-order valence-corrected chi connectivity index (χ1v) is 8.52. The van der Waals surface area contributed by atoms with E-state index in [1.807, 2.05) is 18.2 Å². The van der Waals surface area contributed by atoms with Crippen molar-refractivity contribution >= 4 is 5.97 Å². The van der Waals surface area contributed by atoms with Gasteiger partial charge in [-0.25, -0.2) is 9.78 Å². The maximum absolute atomic E-state index is 11.6. The van der Waals surface area contributed by atoms with Crippen molar-refractivity contribution in [3.05, 3.63) is 53.3 Å². The molecule has 3 rings (SSSR count). The zero-order valence-corrected chi connectivity index (χ0v) is 15.2. The third-order valence-corrected chi connectivity index (χ3v) is 3.78. The molecule has 0 aliphatic carbocycles. The molecule has 0 amide bonds. The van der Waals surface area contributed by atoms with Gasteiger partial charge in [-0.2, -0.15) is 0 Å². The lowest BCUT2D eigenvalue weighted by Crippen LogP contribution is -2.26. The van der Waals surface area contributed by atoms with E-state index >= 15 is 0 Å². The predicted octanol–water partition coefficient (Wildman–Crippen LogP) is 3.46. The van der Waals surface area contributed by atoms with Gasteiger partial charge in [0, 0.05) is 22.7 Å². The molecule has 0 spiro atoms. The molecule has 0 fully saturated rings. The molecule has 2 aromatic rings. The van der Waals surface area contributed by atoms with E-state index in [1.165, 1.54) is 0 Å². The van der Waals surface area contributed by atoms with Crippen LogP contribution in [0.5, 0.6) is 11.5 Å². The summed E-state index contributed by atoms with van der Waals surface area (Å²) in [7, 11) is 0. The Morgan fingerprint density at radius 1 is 1.12 bits per heavy atom. The normalized spacial score (nSPS) is 14.6. The van der Waals surface area contributed by atoms with E-state index < -0.39 is 5.97 Å². The Balaban J connectivity index is 1.75. The summed E-state index contributed by atoms with van der Waals surface area (Å²) in [5.74, 6) is 7.13. The predicted molar refractivity (Wildman–Crippen MR) is 97.4 cm³/mol. The van der Waals surface area contributed by atoms with Gasteiger partial charge in [-0.05, 0) is 37.3 Å². The molecular weight excluding hydrogens is 330 g/mol. The Labute approximate surface area is 153 Å². The van der Waals surface area contributed by atoms with Crippen molar-refractivity contribution in [2.75, 3.05) is 19.8 Å². The molecule has 0 unspecified atom stereocenters. The van der Waals surface area contributed by atoms with Crippen LogP contribution >= 0.6 is 0 Å². The fourth-order valence-electron chi connectivity index (χ4n) is 2.34. The van der Waals surface area contributed by atoms with Crippen molar-refractivity contribution in [2.45, 2.75) is 20.8 Å². The van der Waals surface area contributed by atoms with Crippen LogP contribution in [-0.2, 0) is 4.74 Å². The Morgan fingerprint density at radius 2 is 1.81 bits per heavy atom. The Bertz CT molecular complexity index is 860. The van der Waals surface area contributed by atoms with Crippen LogP contribution < -0.4 is 9.47 Å². The number of carbonyl (C=O) groups excluding carboxylic acids is 1. The molecule has 0 saturated heterocycles. The zero-order valence-electron chi connectivity index (χ0n) is 15.2. The number of carbonyl (C=O) groups is 1. The second kappa shape index (κ2) is 7.49. The highest BCUT2D eigenvalue weighted by Crippen LogP contribution is 2.34. The van der Waals surface area contributed by atoms with Gasteiger partial charge in [0.15, 0.2) is 11.5 Å². The molecule has 0 saturated carbocycles. The standard InChI is InChI=1S/C21H21NO4/c1-4-24-20(23)17-9-7-16(12-22-17)6-5-15-8-10-18-19(11-15)26-14-21(2,3)13-25-18/h7-12H,4,13-14H2,1-3H3. The van der Waals surface area contributed by atoms with Crippen LogP contribution in [0.3, 0.4) is 0 Å². The molecular formula is C21H21NO4. The summed E-state index contributed by atoms with van der Waals surface area (Å²) < 4.78 is 16.6. The average Bonchev–Trinajstić information content (AvgIpc) is 2.79. The Hall–Kier alpha value is -3.00. The van der Waals surface area contributed by atoms with E-state index in [-0.39, 0.29) is 11.1 Å². The lowest BCUT2D eigenvalue weighted by Gasteiger charge is -2.19. The first kappa shape index (κ1) is 17.8. The highest BCUT2D eigenvalue weighted by Gasteiger charge is 2.25. The molecule has 0 atom stereocenters. The summed E-state index contributed by atoms with van der Waals surface area (Å²) in [6.07, 6.45) is 1.56. The zero-order chi connectivity index (χ0) is 18.6. The number of esters is 1. The van der Waals surface area contributed by atoms with Gasteiger partial charge in [0.1, 0.15) is 5.69 Å². The number of pyridine rings is 1. The van der Waals surface area contributed by atoms with Crippen LogP contribution in [-0.4, -0.2) is 30.8 Å². The lowest BCUT2D eigenvalue weighted by molar-refractivity contribution is 0.0519. The molecule has 2 heterocycles. The van der Waals surface area contributed by atoms with E-state index in [0.29, 0.717) is 31.1 Å². The van der Waals surface area contributed by atoms with Gasteiger partial charge in [-0.1, -0.05) is 25.7 Å². The van der Waals surface area contributed by atoms with Crippen molar-refractivity contribution in [2.24, 2.45) is 5.41 Å². The molecule has 134 valence electrons. The molecule has 1 aromatic heterocycles. The molecule has 1 aliphatic heterocycles. The van der Waals surface area contributed by atoms with Crippen LogP contribution in [0, 0.1) is 17.3 Å². The van der Waals surface area contributed by atoms with E-state index in [0.717, 1.165) is 11.3 Å². The van der Waals surface area contributed by atoms with Crippen molar-refractivity contribution in [3.8, 4) is 23.3 Å². The first-order valence-electron chi connectivity index (χ1n) is 8.52. The van der Waals surface area contributed by atoms with Crippen LogP contribution in [0.15, 0.2) is 36.5 Å². The van der Waals surface area contributed by atoms with Gasteiger partial charge in [0.05, 0.1) is 19.8 Å². The second-order valence-electron chi connectivity index (χ2n) is 6.81. The Morgan fingerprint density at radius 3 is 2.50 bits per heavy atom. The van der Waals surface area contributed by atoms with E-state index in [1.54, 1.807) is 25.3 Å². The fraction of sp³-hybridized carbons (Fsp3) is 0.333. The Kier molecular flexibility index (Phi) is 5.13. The second-order valence-corrected chi connectivity index (χ2v) is 6.81.